The first-order valence-electron chi connectivity index (χ1n) is 5.32. The van der Waals surface area contributed by atoms with E-state index in [4.69, 9.17) is 5.11 Å². The molecule has 0 saturated carbocycles. The van der Waals surface area contributed by atoms with E-state index < -0.39 is 5.97 Å². The number of thiazole rings is 1. The molecule has 0 amide bonds. The van der Waals surface area contributed by atoms with E-state index in [1.165, 1.54) is 13.3 Å². The van der Waals surface area contributed by atoms with Crippen molar-refractivity contribution >= 4 is 28.2 Å². The lowest BCUT2D eigenvalue weighted by Crippen LogP contribution is -2.06. The van der Waals surface area contributed by atoms with Crippen LogP contribution in [0.5, 0.6) is 0 Å². The van der Waals surface area contributed by atoms with E-state index in [1.54, 1.807) is 0 Å². The van der Waals surface area contributed by atoms with Gasteiger partial charge in [0, 0.05) is 19.9 Å². The van der Waals surface area contributed by atoms with Gasteiger partial charge in [0.2, 0.25) is 6.39 Å². The molecule has 9 heteroatoms. The summed E-state index contributed by atoms with van der Waals surface area (Å²) in [4.78, 5) is 30.1. The highest BCUT2D eigenvalue weighted by atomic mass is 32.1. The highest BCUT2D eigenvalue weighted by molar-refractivity contribution is 7.17. The third-order valence-electron chi connectivity index (χ3n) is 2.18. The summed E-state index contributed by atoms with van der Waals surface area (Å²) >= 11 is 1.02. The van der Waals surface area contributed by atoms with Crippen molar-refractivity contribution < 1.29 is 19.2 Å². The summed E-state index contributed by atoms with van der Waals surface area (Å²) in [6, 6.07) is 0. The molecule has 0 bridgehead atoms. The largest absolute Gasteiger partial charge is 0.476 e. The minimum absolute atomic E-state index is 0.134. The number of aromatic nitrogens is 3. The summed E-state index contributed by atoms with van der Waals surface area (Å²) in [5.74, 6) is -0.997. The van der Waals surface area contributed by atoms with Gasteiger partial charge in [0.15, 0.2) is 22.4 Å². The first-order chi connectivity index (χ1) is 9.08. The zero-order valence-electron chi connectivity index (χ0n) is 9.91. The molecule has 0 atom stereocenters. The quantitative estimate of drug-likeness (QED) is 0.755. The van der Waals surface area contributed by atoms with Gasteiger partial charge in [0.25, 0.3) is 0 Å². The monoisotopic (exact) mass is 282 g/mol. The van der Waals surface area contributed by atoms with Crippen molar-refractivity contribution in [3.8, 4) is 0 Å². The molecule has 0 radical (unpaired) electrons. The van der Waals surface area contributed by atoms with Crippen LogP contribution in [0.4, 0.5) is 5.13 Å². The number of carboxylic acids is 1. The molecule has 2 N–H and O–H groups in total. The third kappa shape index (κ3) is 3.13. The summed E-state index contributed by atoms with van der Waals surface area (Å²) in [7, 11) is 0. The number of Topliss-reactive ketones (excluding diaryl/α,β-unsaturated/α-hetero) is 1. The van der Waals surface area contributed by atoms with Gasteiger partial charge in [-0.1, -0.05) is 16.5 Å². The van der Waals surface area contributed by atoms with Gasteiger partial charge in [-0.25, -0.2) is 9.78 Å². The Labute approximate surface area is 111 Å². The predicted octanol–water partition coefficient (Wildman–Crippen LogP) is 1.08. The second-order valence-electron chi connectivity index (χ2n) is 3.58. The van der Waals surface area contributed by atoms with Crippen LogP contribution < -0.4 is 5.32 Å². The summed E-state index contributed by atoms with van der Waals surface area (Å²) in [5, 5.41) is 15.9. The van der Waals surface area contributed by atoms with Crippen LogP contribution in [0.25, 0.3) is 0 Å². The Balaban J connectivity index is 2.02. The maximum absolute atomic E-state index is 11.3. The Kier molecular flexibility index (Phi) is 3.85. The van der Waals surface area contributed by atoms with Crippen LogP contribution in [-0.4, -0.2) is 38.5 Å². The molecule has 19 heavy (non-hydrogen) atoms. The number of carboxylic acid groups (broad SMARTS) is 1. The van der Waals surface area contributed by atoms with E-state index in [9.17, 15) is 9.59 Å². The number of carbonyl (C=O) groups is 2. The maximum Gasteiger partial charge on any atom is 0.356 e. The van der Waals surface area contributed by atoms with Gasteiger partial charge in [-0.2, -0.15) is 4.98 Å². The molecule has 0 spiro atoms. The van der Waals surface area contributed by atoms with E-state index in [1.807, 2.05) is 0 Å². The predicted molar refractivity (Wildman–Crippen MR) is 65.6 cm³/mol. The molecule has 2 heterocycles. The van der Waals surface area contributed by atoms with Gasteiger partial charge < -0.3 is 14.9 Å². The number of hydrogen-bond acceptors (Lipinski definition) is 8. The molecule has 0 aliphatic carbocycles. The van der Waals surface area contributed by atoms with E-state index in [0.29, 0.717) is 23.9 Å². The normalized spacial score (nSPS) is 10.4. The number of hydrogen-bond donors (Lipinski definition) is 2. The number of nitrogens with one attached hydrogen (secondary N) is 1. The first-order valence-corrected chi connectivity index (χ1v) is 6.13. The lowest BCUT2D eigenvalue weighted by atomic mass is 10.3. The van der Waals surface area contributed by atoms with E-state index >= 15 is 0 Å². The summed E-state index contributed by atoms with van der Waals surface area (Å²) in [5.41, 5.74) is -0.223. The molecule has 0 unspecified atom stereocenters. The number of rotatable bonds is 6. The van der Waals surface area contributed by atoms with E-state index in [2.05, 4.69) is 25.0 Å². The van der Waals surface area contributed by atoms with Crippen LogP contribution in [0.1, 0.15) is 32.9 Å². The number of nitrogens with zero attached hydrogens (tertiary/aromatic N) is 3. The van der Waals surface area contributed by atoms with Crippen LogP contribution in [0.3, 0.4) is 0 Å². The van der Waals surface area contributed by atoms with Crippen molar-refractivity contribution in [2.75, 3.05) is 11.9 Å². The Morgan fingerprint density at radius 3 is 2.84 bits per heavy atom. The minimum atomic E-state index is -1.22. The zero-order chi connectivity index (χ0) is 13.8. The summed E-state index contributed by atoms with van der Waals surface area (Å²) in [6.45, 7) is 1.77. The van der Waals surface area contributed by atoms with Gasteiger partial charge in [-0.15, -0.1) is 0 Å². The number of ketones is 1. The fourth-order valence-electron chi connectivity index (χ4n) is 1.36. The van der Waals surface area contributed by atoms with Crippen LogP contribution >= 0.6 is 11.3 Å². The molecule has 2 rings (SSSR count). The van der Waals surface area contributed by atoms with Crippen molar-refractivity contribution in [1.29, 1.82) is 0 Å². The molecule has 0 saturated heterocycles. The van der Waals surface area contributed by atoms with Crippen LogP contribution in [-0.2, 0) is 6.42 Å². The highest BCUT2D eigenvalue weighted by Gasteiger charge is 2.20. The fourth-order valence-corrected chi connectivity index (χ4v) is 2.24. The van der Waals surface area contributed by atoms with Crippen molar-refractivity contribution in [2.24, 2.45) is 0 Å². The Bertz CT molecular complexity index is 561. The molecule has 100 valence electrons. The molecule has 0 aliphatic heterocycles. The molecule has 2 aromatic rings. The Morgan fingerprint density at radius 2 is 2.32 bits per heavy atom. The zero-order valence-corrected chi connectivity index (χ0v) is 10.7. The number of anilines is 1. The molecule has 0 aliphatic rings. The maximum atomic E-state index is 11.3. The SMILES string of the molecule is CC(=O)c1sc(NCCc2ncon2)nc1C(=O)O. The molecule has 2 aromatic heterocycles. The first kappa shape index (κ1) is 13.1. The molecule has 0 fully saturated rings. The topological polar surface area (TPSA) is 118 Å². The van der Waals surface area contributed by atoms with E-state index in [0.717, 1.165) is 11.3 Å². The molecular weight excluding hydrogens is 272 g/mol. The minimum Gasteiger partial charge on any atom is -0.476 e. The lowest BCUT2D eigenvalue weighted by Gasteiger charge is -1.98. The summed E-state index contributed by atoms with van der Waals surface area (Å²) in [6.07, 6.45) is 1.74. The van der Waals surface area contributed by atoms with Crippen molar-refractivity contribution in [1.82, 2.24) is 15.1 Å². The van der Waals surface area contributed by atoms with Gasteiger partial charge in [-0.3, -0.25) is 4.79 Å². The summed E-state index contributed by atoms with van der Waals surface area (Å²) < 4.78 is 4.58. The third-order valence-corrected chi connectivity index (χ3v) is 3.30. The molecular formula is C10H10N4O4S. The van der Waals surface area contributed by atoms with Crippen LogP contribution in [0.2, 0.25) is 0 Å². The second-order valence-corrected chi connectivity index (χ2v) is 4.58. The number of carbonyl (C=O) groups excluding carboxylic acids is 1. The van der Waals surface area contributed by atoms with Gasteiger partial charge in [-0.05, 0) is 0 Å². The standard InChI is InChI=1S/C10H10N4O4S/c1-5(15)8-7(9(16)17)13-10(19-8)11-3-2-6-12-4-18-14-6/h4H,2-3H2,1H3,(H,11,13)(H,16,17). The average molecular weight is 282 g/mol. The van der Waals surface area contributed by atoms with Crippen LogP contribution in [0.15, 0.2) is 10.9 Å². The Hall–Kier alpha value is -2.29. The average Bonchev–Trinajstić information content (AvgIpc) is 2.97. The van der Waals surface area contributed by atoms with Crippen molar-refractivity contribution in [3.63, 3.8) is 0 Å². The number of aromatic carboxylic acids is 1. The second kappa shape index (κ2) is 5.57. The Morgan fingerprint density at radius 1 is 1.53 bits per heavy atom. The van der Waals surface area contributed by atoms with Crippen molar-refractivity contribution in [2.45, 2.75) is 13.3 Å². The molecule has 8 nitrogen and oxygen atoms in total. The van der Waals surface area contributed by atoms with E-state index in [-0.39, 0.29) is 16.4 Å². The van der Waals surface area contributed by atoms with Gasteiger partial charge >= 0.3 is 5.97 Å². The highest BCUT2D eigenvalue weighted by Crippen LogP contribution is 2.23. The van der Waals surface area contributed by atoms with Crippen molar-refractivity contribution in [3.05, 3.63) is 22.8 Å². The smallest absolute Gasteiger partial charge is 0.356 e. The lowest BCUT2D eigenvalue weighted by molar-refractivity contribution is 0.0687. The van der Waals surface area contributed by atoms with Gasteiger partial charge in [0.1, 0.15) is 4.88 Å². The van der Waals surface area contributed by atoms with Crippen LogP contribution in [0, 0.1) is 0 Å². The molecule has 0 aromatic carbocycles. The van der Waals surface area contributed by atoms with Gasteiger partial charge in [0.05, 0.1) is 0 Å². The fraction of sp³-hybridized carbons (Fsp3) is 0.300.